The number of halogens is 2. The summed E-state index contributed by atoms with van der Waals surface area (Å²) >= 11 is 7.00. The zero-order valence-corrected chi connectivity index (χ0v) is 25.9. The first-order chi connectivity index (χ1) is 19.7. The molecular weight excluding hydrogens is 624 g/mol. The average Bonchev–Trinajstić information content (AvgIpc) is 3.01. The first kappa shape index (κ1) is 28.3. The van der Waals surface area contributed by atoms with E-state index < -0.39 is 0 Å². The van der Waals surface area contributed by atoms with Crippen LogP contribution in [0.2, 0.25) is 0 Å². The van der Waals surface area contributed by atoms with Crippen molar-refractivity contribution in [2.45, 2.75) is 39.0 Å². The van der Waals surface area contributed by atoms with Gasteiger partial charge < -0.3 is 0 Å². The van der Waals surface area contributed by atoms with E-state index in [9.17, 15) is 0 Å². The van der Waals surface area contributed by atoms with Gasteiger partial charge in [-0.05, 0) is 22.3 Å². The summed E-state index contributed by atoms with van der Waals surface area (Å²) in [5, 5.41) is 2.06. The molecule has 0 N–H and O–H groups in total. The predicted octanol–water partition coefficient (Wildman–Crippen LogP) is 5.84. The second-order valence-electron chi connectivity index (χ2n) is 10.1. The van der Waals surface area contributed by atoms with Gasteiger partial charge in [-0.2, -0.15) is 0 Å². The monoisotopic (exact) mass is 658 g/mol. The van der Waals surface area contributed by atoms with Crippen LogP contribution in [0, 0.1) is 0 Å². The van der Waals surface area contributed by atoms with Crippen LogP contribution in [0.3, 0.4) is 0 Å². The van der Waals surface area contributed by atoms with Crippen LogP contribution in [0.15, 0.2) is 122 Å². The second-order valence-corrected chi connectivity index (χ2v) is 11.7. The lowest BCUT2D eigenvalue weighted by molar-refractivity contribution is -0.696. The summed E-state index contributed by atoms with van der Waals surface area (Å²) in [5.41, 5.74) is 7.57. The van der Waals surface area contributed by atoms with E-state index in [0.717, 1.165) is 49.7 Å². The van der Waals surface area contributed by atoms with Crippen LogP contribution in [0.25, 0.3) is 22.3 Å². The number of hydrogen-bond donors (Lipinski definition) is 0. The number of hydrogen-bond acceptors (Lipinski definition) is 0. The maximum atomic E-state index is 3.50. The fourth-order valence-corrected chi connectivity index (χ4v) is 5.27. The molecule has 4 heterocycles. The number of pyridine rings is 4. The largest absolute Gasteiger partial charge is 0.205 e. The maximum Gasteiger partial charge on any atom is 0.173 e. The molecule has 202 valence electrons. The molecule has 1 aromatic carbocycles. The van der Waals surface area contributed by atoms with E-state index in [4.69, 9.17) is 0 Å². The number of rotatable bonds is 12. The average molecular weight is 660 g/mol. The Morgan fingerprint density at radius 2 is 0.650 bits per heavy atom. The molecule has 5 aromatic rings. The zero-order valence-electron chi connectivity index (χ0n) is 22.7. The summed E-state index contributed by atoms with van der Waals surface area (Å²) in [6, 6.07) is 26.5. The number of aryl methyl sites for hydroxylation is 2. The van der Waals surface area contributed by atoms with E-state index in [1.807, 2.05) is 0 Å². The lowest BCUT2D eigenvalue weighted by Crippen LogP contribution is -2.34. The second kappa shape index (κ2) is 14.4. The maximum absolute atomic E-state index is 3.50. The fourth-order valence-electron chi connectivity index (χ4n) is 4.76. The van der Waals surface area contributed by atoms with Gasteiger partial charge in [0.2, 0.25) is 0 Å². The van der Waals surface area contributed by atoms with E-state index in [0.29, 0.717) is 0 Å². The molecule has 4 aromatic heterocycles. The number of nitrogens with zero attached hydrogens (tertiary/aromatic N) is 4. The summed E-state index contributed by atoms with van der Waals surface area (Å²) in [7, 11) is 0. The molecule has 5 rings (SSSR count). The van der Waals surface area contributed by atoms with E-state index in [-0.39, 0.29) is 0 Å². The summed E-state index contributed by atoms with van der Waals surface area (Å²) in [4.78, 5) is 0. The van der Waals surface area contributed by atoms with E-state index in [1.54, 1.807) is 0 Å². The van der Waals surface area contributed by atoms with E-state index in [2.05, 4.69) is 172 Å². The van der Waals surface area contributed by atoms with Crippen LogP contribution in [0.5, 0.6) is 0 Å². The normalized spacial score (nSPS) is 11.1. The Kier molecular flexibility index (Phi) is 10.2. The minimum absolute atomic E-state index is 0.858. The van der Waals surface area contributed by atoms with Crippen LogP contribution in [-0.2, 0) is 26.2 Å². The first-order valence-electron chi connectivity index (χ1n) is 13.9. The predicted molar refractivity (Wildman–Crippen MR) is 166 cm³/mol. The SMILES string of the molecule is BrCCC[n+]1ccc(-c2cc[n+](Cc3ccc(C[n+]4ccc(-c5cc[n+](CCCBr)cc5)cc4)cc3)cc2)cc1. The van der Waals surface area contributed by atoms with E-state index >= 15 is 0 Å². The van der Waals surface area contributed by atoms with Crippen LogP contribution in [0.4, 0.5) is 0 Å². The molecule has 6 heteroatoms. The quantitative estimate of drug-likeness (QED) is 0.118. The Bertz CT molecular complexity index is 1350. The molecule has 0 aliphatic rings. The lowest BCUT2D eigenvalue weighted by atomic mass is 10.1. The van der Waals surface area contributed by atoms with Crippen molar-refractivity contribution in [1.82, 2.24) is 0 Å². The Morgan fingerprint density at radius 1 is 0.375 bits per heavy atom. The minimum atomic E-state index is 0.858. The highest BCUT2D eigenvalue weighted by Gasteiger charge is 2.09. The summed E-state index contributed by atoms with van der Waals surface area (Å²) in [6.45, 7) is 3.79. The number of alkyl halides is 2. The van der Waals surface area contributed by atoms with E-state index in [1.165, 1.54) is 33.4 Å². The lowest BCUT2D eigenvalue weighted by Gasteiger charge is -2.04. The van der Waals surface area contributed by atoms with Crippen molar-refractivity contribution in [3.8, 4) is 22.3 Å². The number of aromatic nitrogens is 4. The minimum Gasteiger partial charge on any atom is -0.205 e. The van der Waals surface area contributed by atoms with Gasteiger partial charge in [0, 0.05) is 83.2 Å². The van der Waals surface area contributed by atoms with Crippen molar-refractivity contribution in [2.24, 2.45) is 0 Å². The van der Waals surface area contributed by atoms with Crippen molar-refractivity contribution in [3.05, 3.63) is 133 Å². The summed E-state index contributed by atoms with van der Waals surface area (Å²) < 4.78 is 8.93. The third kappa shape index (κ3) is 7.92. The van der Waals surface area contributed by atoms with Gasteiger partial charge in [-0.1, -0.05) is 56.1 Å². The van der Waals surface area contributed by atoms with Gasteiger partial charge in [0.1, 0.15) is 13.1 Å². The standard InChI is InChI=1S/C34H36Br2N4/c35-15-1-17-37-19-7-31(8-20-37)33-11-23-39(24-12-33)27-29-3-5-30(6-4-29)28-40-25-13-34(14-26-40)32-9-21-38(22-10-32)18-2-16-36/h3-14,19-26H,1-2,15-18,27-28H2/q+4. The van der Waals surface area contributed by atoms with Crippen molar-refractivity contribution < 1.29 is 18.3 Å². The Hall–Kier alpha value is -3.22. The fraction of sp³-hybridized carbons (Fsp3) is 0.235. The molecule has 0 radical (unpaired) electrons. The molecule has 0 aliphatic carbocycles. The van der Waals surface area contributed by atoms with Crippen LogP contribution >= 0.6 is 31.9 Å². The van der Waals surface area contributed by atoms with Crippen LogP contribution < -0.4 is 18.3 Å². The Balaban J connectivity index is 1.15. The molecule has 0 atom stereocenters. The molecule has 40 heavy (non-hydrogen) atoms. The number of benzene rings is 1. The molecule has 4 nitrogen and oxygen atoms in total. The smallest absolute Gasteiger partial charge is 0.173 e. The van der Waals surface area contributed by atoms with Gasteiger partial charge in [0.05, 0.1) is 0 Å². The molecule has 0 saturated heterocycles. The molecule has 0 aliphatic heterocycles. The molecule has 0 unspecified atom stereocenters. The van der Waals surface area contributed by atoms with Gasteiger partial charge in [0.25, 0.3) is 0 Å². The third-order valence-corrected chi connectivity index (χ3v) is 8.21. The van der Waals surface area contributed by atoms with Gasteiger partial charge in [0.15, 0.2) is 62.7 Å². The third-order valence-electron chi connectivity index (χ3n) is 7.08. The van der Waals surface area contributed by atoms with Crippen LogP contribution in [0.1, 0.15) is 24.0 Å². The molecular formula is C34H36Br2N4+4. The molecule has 0 bridgehead atoms. The molecule has 0 spiro atoms. The topological polar surface area (TPSA) is 15.5 Å². The summed E-state index contributed by atoms with van der Waals surface area (Å²) in [5.74, 6) is 0. The Morgan fingerprint density at radius 3 is 0.925 bits per heavy atom. The van der Waals surface area contributed by atoms with Crippen molar-refractivity contribution in [2.75, 3.05) is 10.7 Å². The van der Waals surface area contributed by atoms with Gasteiger partial charge in [-0.3, -0.25) is 0 Å². The van der Waals surface area contributed by atoms with Crippen molar-refractivity contribution in [1.29, 1.82) is 0 Å². The highest BCUT2D eigenvalue weighted by Crippen LogP contribution is 2.17. The first-order valence-corrected chi connectivity index (χ1v) is 16.1. The Labute approximate surface area is 254 Å². The highest BCUT2D eigenvalue weighted by atomic mass is 79.9. The summed E-state index contributed by atoms with van der Waals surface area (Å²) in [6.07, 6.45) is 19.6. The zero-order chi connectivity index (χ0) is 27.6. The molecule has 0 amide bonds. The molecule has 0 saturated carbocycles. The van der Waals surface area contributed by atoms with Gasteiger partial charge in [-0.15, -0.1) is 0 Å². The van der Waals surface area contributed by atoms with Gasteiger partial charge in [-0.25, -0.2) is 18.3 Å². The van der Waals surface area contributed by atoms with Crippen molar-refractivity contribution >= 4 is 31.9 Å². The van der Waals surface area contributed by atoms with Crippen LogP contribution in [-0.4, -0.2) is 10.7 Å². The molecule has 0 fully saturated rings. The van der Waals surface area contributed by atoms with Gasteiger partial charge >= 0.3 is 0 Å². The highest BCUT2D eigenvalue weighted by molar-refractivity contribution is 9.09. The van der Waals surface area contributed by atoms with Crippen molar-refractivity contribution in [3.63, 3.8) is 0 Å².